The number of alkyl halides is 2. The van der Waals surface area contributed by atoms with Crippen LogP contribution in [0.5, 0.6) is 11.5 Å². The molecule has 3 nitrogen and oxygen atoms in total. The first kappa shape index (κ1) is 14.0. The van der Waals surface area contributed by atoms with E-state index < -0.39 is 12.4 Å². The molecule has 0 saturated heterocycles. The summed E-state index contributed by atoms with van der Waals surface area (Å²) in [7, 11) is 0. The molecule has 0 saturated carbocycles. The normalized spacial score (nSPS) is 10.6. The van der Waals surface area contributed by atoms with Crippen molar-refractivity contribution in [3.8, 4) is 11.5 Å². The molecule has 2 aromatic rings. The van der Waals surface area contributed by atoms with E-state index in [0.29, 0.717) is 11.3 Å². The number of hydrogen-bond acceptors (Lipinski definition) is 3. The van der Waals surface area contributed by atoms with Crippen molar-refractivity contribution in [3.63, 3.8) is 0 Å². The average molecular weight is 283 g/mol. The van der Waals surface area contributed by atoms with Crippen molar-refractivity contribution in [1.82, 2.24) is 0 Å². The fourth-order valence-electron chi connectivity index (χ4n) is 1.65. The molecule has 2 N–H and O–H groups in total. The van der Waals surface area contributed by atoms with Gasteiger partial charge in [-0.2, -0.15) is 8.78 Å². The minimum absolute atomic E-state index is 0.0171. The van der Waals surface area contributed by atoms with Gasteiger partial charge in [-0.05, 0) is 42.5 Å². The minimum atomic E-state index is -2.86. The smallest absolute Gasteiger partial charge is 0.387 e. The molecule has 0 fully saturated rings. The molecule has 0 amide bonds. The molecule has 0 heterocycles. The average Bonchev–Trinajstić information content (AvgIpc) is 2.41. The number of phenols is 1. The minimum Gasteiger partial charge on any atom is -0.508 e. The Hall–Kier alpha value is -2.37. The Balaban J connectivity index is 1.98. The molecule has 0 aromatic heterocycles. The third-order valence-electron chi connectivity index (χ3n) is 2.60. The Morgan fingerprint density at radius 2 is 1.80 bits per heavy atom. The number of phenolic OH excluding ortho intramolecular Hbond substituents is 1. The van der Waals surface area contributed by atoms with Gasteiger partial charge in [0.2, 0.25) is 0 Å². The summed E-state index contributed by atoms with van der Waals surface area (Å²) in [5, 5.41) is 12.5. The highest BCUT2D eigenvalue weighted by Crippen LogP contribution is 2.21. The Bertz CT molecular complexity index is 573. The van der Waals surface area contributed by atoms with E-state index in [4.69, 9.17) is 0 Å². The van der Waals surface area contributed by atoms with Gasteiger partial charge in [-0.1, -0.05) is 0 Å². The van der Waals surface area contributed by atoms with Gasteiger partial charge < -0.3 is 15.2 Å². The highest BCUT2D eigenvalue weighted by atomic mass is 19.3. The molecule has 0 spiro atoms. The third-order valence-corrected chi connectivity index (χ3v) is 2.60. The molecule has 0 aliphatic heterocycles. The van der Waals surface area contributed by atoms with Crippen LogP contribution in [-0.4, -0.2) is 11.7 Å². The zero-order valence-corrected chi connectivity index (χ0v) is 10.3. The summed E-state index contributed by atoms with van der Waals surface area (Å²) in [4.78, 5) is 0. The molecule has 0 unspecified atom stereocenters. The topological polar surface area (TPSA) is 41.5 Å². The predicted octanol–water partition coefficient (Wildman–Crippen LogP) is 3.74. The van der Waals surface area contributed by atoms with Crippen molar-refractivity contribution >= 4 is 5.69 Å². The molecule has 0 bridgehead atoms. The second-order valence-corrected chi connectivity index (χ2v) is 4.03. The highest BCUT2D eigenvalue weighted by Gasteiger charge is 2.05. The van der Waals surface area contributed by atoms with Crippen molar-refractivity contribution in [1.29, 1.82) is 0 Å². The van der Waals surface area contributed by atoms with Crippen LogP contribution in [0.15, 0.2) is 42.5 Å². The van der Waals surface area contributed by atoms with Gasteiger partial charge in [-0.3, -0.25) is 0 Å². The van der Waals surface area contributed by atoms with E-state index in [1.807, 2.05) is 0 Å². The summed E-state index contributed by atoms with van der Waals surface area (Å²) < 4.78 is 41.2. The molecule has 0 radical (unpaired) electrons. The van der Waals surface area contributed by atoms with Crippen LogP contribution in [0.25, 0.3) is 0 Å². The molecular weight excluding hydrogens is 271 g/mol. The number of ether oxygens (including phenoxy) is 1. The van der Waals surface area contributed by atoms with Gasteiger partial charge in [-0.25, -0.2) is 4.39 Å². The van der Waals surface area contributed by atoms with E-state index in [1.54, 1.807) is 12.1 Å². The van der Waals surface area contributed by atoms with Crippen LogP contribution >= 0.6 is 0 Å². The van der Waals surface area contributed by atoms with Gasteiger partial charge in [0.25, 0.3) is 0 Å². The van der Waals surface area contributed by atoms with Gasteiger partial charge in [0, 0.05) is 17.8 Å². The van der Waals surface area contributed by atoms with E-state index in [0.717, 1.165) is 6.07 Å². The van der Waals surface area contributed by atoms with Crippen LogP contribution in [0.1, 0.15) is 5.56 Å². The maximum Gasteiger partial charge on any atom is 0.387 e. The van der Waals surface area contributed by atoms with Crippen LogP contribution in [-0.2, 0) is 6.54 Å². The maximum atomic E-state index is 13.0. The number of nitrogens with one attached hydrogen (secondary N) is 1. The zero-order chi connectivity index (χ0) is 14.5. The number of aromatic hydroxyl groups is 1. The molecule has 20 heavy (non-hydrogen) atoms. The van der Waals surface area contributed by atoms with Crippen LogP contribution < -0.4 is 10.1 Å². The van der Waals surface area contributed by atoms with Crippen molar-refractivity contribution in [2.45, 2.75) is 13.2 Å². The van der Waals surface area contributed by atoms with Crippen molar-refractivity contribution in [2.24, 2.45) is 0 Å². The van der Waals surface area contributed by atoms with Crippen LogP contribution in [0, 0.1) is 5.82 Å². The first-order valence-corrected chi connectivity index (χ1v) is 5.81. The Morgan fingerprint density at radius 1 is 1.10 bits per heavy atom. The van der Waals surface area contributed by atoms with E-state index in [-0.39, 0.29) is 18.0 Å². The summed E-state index contributed by atoms with van der Waals surface area (Å²) in [6.07, 6.45) is 0. The molecule has 2 rings (SSSR count). The van der Waals surface area contributed by atoms with Gasteiger partial charge in [0.1, 0.15) is 17.3 Å². The number of halogens is 3. The molecule has 2 aromatic carbocycles. The lowest BCUT2D eigenvalue weighted by atomic mass is 10.2. The fourth-order valence-corrected chi connectivity index (χ4v) is 1.65. The molecule has 0 aliphatic rings. The number of benzene rings is 2. The Morgan fingerprint density at radius 3 is 2.45 bits per heavy atom. The first-order valence-electron chi connectivity index (χ1n) is 5.81. The molecular formula is C14H12F3NO2. The summed E-state index contributed by atoms with van der Waals surface area (Å²) in [6.45, 7) is -2.66. The number of rotatable bonds is 5. The fraction of sp³-hybridized carbons (Fsp3) is 0.143. The summed E-state index contributed by atoms with van der Waals surface area (Å²) in [5.41, 5.74) is 1.04. The van der Waals surface area contributed by atoms with Gasteiger partial charge >= 0.3 is 6.61 Å². The molecule has 6 heteroatoms. The summed E-state index contributed by atoms with van der Waals surface area (Å²) >= 11 is 0. The standard InChI is InChI=1S/C14H12F3NO2/c15-10-1-6-13(19)9(7-10)8-18-11-2-4-12(5-3-11)20-14(16)17/h1-7,14,18-19H,8H2. The first-order chi connectivity index (χ1) is 9.54. The Labute approximate surface area is 113 Å². The predicted molar refractivity (Wildman–Crippen MR) is 68.5 cm³/mol. The molecule has 0 aliphatic carbocycles. The third kappa shape index (κ3) is 3.81. The van der Waals surface area contributed by atoms with Gasteiger partial charge in [0.15, 0.2) is 0 Å². The second-order valence-electron chi connectivity index (χ2n) is 4.03. The van der Waals surface area contributed by atoms with Crippen molar-refractivity contribution in [2.75, 3.05) is 5.32 Å². The summed E-state index contributed by atoms with van der Waals surface area (Å²) in [5.74, 6) is -0.406. The van der Waals surface area contributed by atoms with E-state index in [2.05, 4.69) is 10.1 Å². The van der Waals surface area contributed by atoms with Gasteiger partial charge in [0.05, 0.1) is 0 Å². The van der Waals surface area contributed by atoms with Crippen molar-refractivity contribution < 1.29 is 23.0 Å². The molecule has 106 valence electrons. The lowest BCUT2D eigenvalue weighted by Gasteiger charge is -2.09. The Kier molecular flexibility index (Phi) is 4.34. The summed E-state index contributed by atoms with van der Waals surface area (Å²) in [6, 6.07) is 9.53. The van der Waals surface area contributed by atoms with Crippen LogP contribution in [0.3, 0.4) is 0 Å². The second kappa shape index (κ2) is 6.18. The SMILES string of the molecule is Oc1ccc(F)cc1CNc1ccc(OC(F)F)cc1. The maximum absolute atomic E-state index is 13.0. The lowest BCUT2D eigenvalue weighted by molar-refractivity contribution is -0.0498. The quantitative estimate of drug-likeness (QED) is 0.878. The van der Waals surface area contributed by atoms with E-state index in [9.17, 15) is 18.3 Å². The number of hydrogen-bond donors (Lipinski definition) is 2. The van der Waals surface area contributed by atoms with Crippen LogP contribution in [0.4, 0.5) is 18.9 Å². The zero-order valence-electron chi connectivity index (χ0n) is 10.3. The van der Waals surface area contributed by atoms with Crippen LogP contribution in [0.2, 0.25) is 0 Å². The van der Waals surface area contributed by atoms with Crippen molar-refractivity contribution in [3.05, 3.63) is 53.8 Å². The number of anilines is 1. The van der Waals surface area contributed by atoms with E-state index in [1.165, 1.54) is 24.3 Å². The lowest BCUT2D eigenvalue weighted by Crippen LogP contribution is -2.03. The highest BCUT2D eigenvalue weighted by molar-refractivity contribution is 5.47. The monoisotopic (exact) mass is 283 g/mol. The molecule has 0 atom stereocenters. The van der Waals surface area contributed by atoms with Gasteiger partial charge in [-0.15, -0.1) is 0 Å². The largest absolute Gasteiger partial charge is 0.508 e. The van der Waals surface area contributed by atoms with E-state index >= 15 is 0 Å².